The van der Waals surface area contributed by atoms with Gasteiger partial charge in [0.1, 0.15) is 0 Å². The van der Waals surface area contributed by atoms with Crippen LogP contribution in [0, 0.1) is 5.92 Å². The van der Waals surface area contributed by atoms with Crippen LogP contribution in [0.1, 0.15) is 20.3 Å². The first kappa shape index (κ1) is 14.7. The van der Waals surface area contributed by atoms with Crippen molar-refractivity contribution < 1.29 is 19.4 Å². The fraction of sp³-hybridized carbons (Fsp3) is 0.800. The van der Waals surface area contributed by atoms with Crippen LogP contribution in [-0.2, 0) is 9.53 Å². The molecule has 16 heavy (non-hydrogen) atoms. The zero-order valence-electron chi connectivity index (χ0n) is 9.95. The molecule has 0 aromatic rings. The van der Waals surface area contributed by atoms with Gasteiger partial charge in [-0.3, -0.25) is 4.79 Å². The predicted octanol–water partition coefficient (Wildman–Crippen LogP) is 0.431. The van der Waals surface area contributed by atoms with Gasteiger partial charge >= 0.3 is 12.0 Å². The zero-order chi connectivity index (χ0) is 12.6. The molecular formula is C10H20N2O4. The lowest BCUT2D eigenvalue weighted by molar-refractivity contribution is -0.141. The summed E-state index contributed by atoms with van der Waals surface area (Å²) < 4.78 is 4.95. The van der Waals surface area contributed by atoms with E-state index in [1.807, 2.05) is 6.92 Å². The number of amides is 2. The molecule has 0 fully saturated rings. The summed E-state index contributed by atoms with van der Waals surface area (Å²) in [6.07, 6.45) is 0.427. The minimum atomic E-state index is -0.895. The Bertz CT molecular complexity index is 233. The average molecular weight is 232 g/mol. The van der Waals surface area contributed by atoms with Crippen molar-refractivity contribution in [2.24, 2.45) is 5.92 Å². The number of carboxylic acids is 1. The van der Waals surface area contributed by atoms with Crippen LogP contribution in [0.3, 0.4) is 0 Å². The first-order valence-electron chi connectivity index (χ1n) is 5.28. The van der Waals surface area contributed by atoms with Crippen LogP contribution in [0.15, 0.2) is 0 Å². The Balaban J connectivity index is 3.76. The van der Waals surface area contributed by atoms with Crippen molar-refractivity contribution in [1.82, 2.24) is 10.6 Å². The molecule has 0 radical (unpaired) electrons. The van der Waals surface area contributed by atoms with Gasteiger partial charge in [-0.2, -0.15) is 0 Å². The second-order valence-corrected chi connectivity index (χ2v) is 3.58. The Morgan fingerprint density at radius 1 is 1.31 bits per heavy atom. The molecule has 0 aromatic heterocycles. The molecule has 2 amide bonds. The summed E-state index contributed by atoms with van der Waals surface area (Å²) in [5.41, 5.74) is 0. The van der Waals surface area contributed by atoms with Crippen LogP contribution in [0.2, 0.25) is 0 Å². The van der Waals surface area contributed by atoms with E-state index in [0.717, 1.165) is 0 Å². The summed E-state index contributed by atoms with van der Waals surface area (Å²) >= 11 is 0. The molecule has 0 aromatic carbocycles. The third kappa shape index (κ3) is 6.23. The number of carbonyl (C=O) groups excluding carboxylic acids is 1. The van der Waals surface area contributed by atoms with Crippen LogP contribution in [0.4, 0.5) is 4.79 Å². The van der Waals surface area contributed by atoms with E-state index in [9.17, 15) is 9.59 Å². The Kier molecular flexibility index (Phi) is 7.28. The van der Waals surface area contributed by atoms with Crippen molar-refractivity contribution in [2.75, 3.05) is 20.2 Å². The molecule has 0 bridgehead atoms. The Morgan fingerprint density at radius 3 is 2.31 bits per heavy atom. The van der Waals surface area contributed by atoms with E-state index < -0.39 is 11.9 Å². The molecule has 0 rings (SSSR count). The lowest BCUT2D eigenvalue weighted by Crippen LogP contribution is -2.42. The number of hydrogen-bond acceptors (Lipinski definition) is 3. The first-order chi connectivity index (χ1) is 7.51. The van der Waals surface area contributed by atoms with Crippen LogP contribution < -0.4 is 10.6 Å². The van der Waals surface area contributed by atoms with E-state index in [1.165, 1.54) is 0 Å². The first-order valence-corrected chi connectivity index (χ1v) is 5.28. The Hall–Kier alpha value is -1.30. The number of nitrogens with one attached hydrogen (secondary N) is 2. The highest BCUT2D eigenvalue weighted by Crippen LogP contribution is 1.99. The van der Waals surface area contributed by atoms with E-state index in [0.29, 0.717) is 13.0 Å². The molecule has 3 N–H and O–H groups in total. The van der Waals surface area contributed by atoms with Crippen LogP contribution in [-0.4, -0.2) is 43.4 Å². The fourth-order valence-electron chi connectivity index (χ4n) is 1.00. The summed E-state index contributed by atoms with van der Waals surface area (Å²) in [6, 6.07) is -0.372. The van der Waals surface area contributed by atoms with Gasteiger partial charge in [-0.15, -0.1) is 0 Å². The van der Waals surface area contributed by atoms with E-state index >= 15 is 0 Å². The van der Waals surface area contributed by atoms with Crippen molar-refractivity contribution in [1.29, 1.82) is 0 Å². The average Bonchev–Trinajstić information content (AvgIpc) is 2.26. The van der Waals surface area contributed by atoms with Gasteiger partial charge in [-0.25, -0.2) is 4.79 Å². The standard InChI is InChI=1S/C10H20N2O4/c1-4-8(9(13)14)6-12-10(15)11-5-7(2)16-3/h7-8H,4-6H2,1-3H3,(H,13,14)(H2,11,12,15). The molecule has 0 spiro atoms. The third-order valence-corrected chi connectivity index (χ3v) is 2.30. The van der Waals surface area contributed by atoms with Gasteiger partial charge < -0.3 is 20.5 Å². The highest BCUT2D eigenvalue weighted by Gasteiger charge is 2.15. The molecule has 0 aliphatic rings. The summed E-state index contributed by atoms with van der Waals surface area (Å²) in [5, 5.41) is 13.8. The van der Waals surface area contributed by atoms with E-state index in [4.69, 9.17) is 9.84 Å². The second-order valence-electron chi connectivity index (χ2n) is 3.58. The van der Waals surface area contributed by atoms with E-state index in [-0.39, 0.29) is 18.7 Å². The molecule has 6 nitrogen and oxygen atoms in total. The van der Waals surface area contributed by atoms with Gasteiger partial charge in [0, 0.05) is 20.2 Å². The molecule has 0 heterocycles. The molecule has 0 aliphatic heterocycles. The van der Waals surface area contributed by atoms with Crippen molar-refractivity contribution >= 4 is 12.0 Å². The lowest BCUT2D eigenvalue weighted by atomic mass is 10.1. The van der Waals surface area contributed by atoms with Gasteiger partial charge in [0.25, 0.3) is 0 Å². The molecule has 94 valence electrons. The SMILES string of the molecule is CCC(CNC(=O)NCC(C)OC)C(=O)O. The Labute approximate surface area is 95.4 Å². The largest absolute Gasteiger partial charge is 0.481 e. The van der Waals surface area contributed by atoms with E-state index in [2.05, 4.69) is 10.6 Å². The topological polar surface area (TPSA) is 87.7 Å². The second kappa shape index (κ2) is 7.92. The Morgan fingerprint density at radius 2 is 1.88 bits per heavy atom. The molecule has 0 aliphatic carbocycles. The van der Waals surface area contributed by atoms with Crippen molar-refractivity contribution in [3.8, 4) is 0 Å². The van der Waals surface area contributed by atoms with Gasteiger partial charge in [0.05, 0.1) is 12.0 Å². The summed E-state index contributed by atoms with van der Waals surface area (Å²) in [6.45, 7) is 4.13. The smallest absolute Gasteiger partial charge is 0.314 e. The van der Waals surface area contributed by atoms with Crippen LogP contribution in [0.25, 0.3) is 0 Å². The molecule has 0 saturated carbocycles. The van der Waals surface area contributed by atoms with Gasteiger partial charge in [-0.1, -0.05) is 6.92 Å². The van der Waals surface area contributed by atoms with Gasteiger partial charge in [0.15, 0.2) is 0 Å². The van der Waals surface area contributed by atoms with Crippen molar-refractivity contribution in [3.05, 3.63) is 0 Å². The van der Waals surface area contributed by atoms with Gasteiger partial charge in [-0.05, 0) is 13.3 Å². The highest BCUT2D eigenvalue weighted by atomic mass is 16.5. The minimum Gasteiger partial charge on any atom is -0.481 e. The number of ether oxygens (including phenoxy) is 1. The maximum atomic E-state index is 11.2. The summed E-state index contributed by atoms with van der Waals surface area (Å²) in [4.78, 5) is 21.9. The molecule has 0 saturated heterocycles. The monoisotopic (exact) mass is 232 g/mol. The zero-order valence-corrected chi connectivity index (χ0v) is 9.95. The van der Waals surface area contributed by atoms with E-state index in [1.54, 1.807) is 14.0 Å². The molecular weight excluding hydrogens is 212 g/mol. The van der Waals surface area contributed by atoms with Crippen LogP contribution >= 0.6 is 0 Å². The molecule has 6 heteroatoms. The summed E-state index contributed by atoms with van der Waals surface area (Å²) in [7, 11) is 1.56. The minimum absolute atomic E-state index is 0.0628. The lowest BCUT2D eigenvalue weighted by Gasteiger charge is -2.14. The molecule has 2 atom stereocenters. The van der Waals surface area contributed by atoms with Crippen molar-refractivity contribution in [3.63, 3.8) is 0 Å². The highest BCUT2D eigenvalue weighted by molar-refractivity contribution is 5.75. The number of carboxylic acid groups (broad SMARTS) is 1. The predicted molar refractivity (Wildman–Crippen MR) is 59.3 cm³/mol. The number of aliphatic carboxylic acids is 1. The maximum Gasteiger partial charge on any atom is 0.314 e. The third-order valence-electron chi connectivity index (χ3n) is 2.30. The molecule has 2 unspecified atom stereocenters. The number of hydrogen-bond donors (Lipinski definition) is 3. The number of carbonyl (C=O) groups is 2. The summed E-state index contributed by atoms with van der Waals surface area (Å²) in [5.74, 6) is -1.43. The number of rotatable bonds is 7. The number of methoxy groups -OCH3 is 1. The number of urea groups is 1. The van der Waals surface area contributed by atoms with Gasteiger partial charge in [0.2, 0.25) is 0 Å². The maximum absolute atomic E-state index is 11.2. The van der Waals surface area contributed by atoms with Crippen LogP contribution in [0.5, 0.6) is 0 Å². The fourth-order valence-corrected chi connectivity index (χ4v) is 1.00. The van der Waals surface area contributed by atoms with Crippen molar-refractivity contribution in [2.45, 2.75) is 26.4 Å². The quantitative estimate of drug-likeness (QED) is 0.594. The normalized spacial score (nSPS) is 13.9.